The largest absolute Gasteiger partial charge is 0.449 e. The molecule has 1 aromatic heterocycles. The molecule has 2 heterocycles. The molecule has 0 aliphatic carbocycles. The summed E-state index contributed by atoms with van der Waals surface area (Å²) in [6.07, 6.45) is 3.14. The first-order valence-electron chi connectivity index (χ1n) is 9.53. The number of hydrogen-bond acceptors (Lipinski definition) is 8. The Morgan fingerprint density at radius 3 is 2.55 bits per heavy atom. The van der Waals surface area contributed by atoms with Crippen LogP contribution in [0.5, 0.6) is 0 Å². The fraction of sp³-hybridized carbons (Fsp3) is 0.526. The van der Waals surface area contributed by atoms with Crippen molar-refractivity contribution in [3.8, 4) is 11.4 Å². The molecule has 158 valence electrons. The summed E-state index contributed by atoms with van der Waals surface area (Å²) < 4.78 is 39.3. The number of ether oxygens (including phenoxy) is 2. The quantitative estimate of drug-likeness (QED) is 0.668. The molecule has 0 spiro atoms. The zero-order valence-corrected chi connectivity index (χ0v) is 17.4. The van der Waals surface area contributed by atoms with E-state index in [9.17, 15) is 13.2 Å². The molecule has 1 amide bonds. The molecule has 1 fully saturated rings. The van der Waals surface area contributed by atoms with Gasteiger partial charge in [-0.05, 0) is 43.5 Å². The topological polar surface area (TPSA) is 112 Å². The number of rotatable bonds is 7. The summed E-state index contributed by atoms with van der Waals surface area (Å²) in [5.74, 6) is 0.717. The van der Waals surface area contributed by atoms with Crippen molar-refractivity contribution >= 4 is 15.9 Å². The van der Waals surface area contributed by atoms with E-state index >= 15 is 0 Å². The van der Waals surface area contributed by atoms with Crippen molar-refractivity contribution in [3.05, 3.63) is 30.2 Å². The van der Waals surface area contributed by atoms with Crippen molar-refractivity contribution in [2.75, 3.05) is 26.0 Å². The lowest BCUT2D eigenvalue weighted by molar-refractivity contribution is -0.0124. The van der Waals surface area contributed by atoms with Crippen molar-refractivity contribution in [2.24, 2.45) is 0 Å². The number of likely N-dealkylation sites (tertiary alicyclic amines) is 1. The molecule has 0 atom stereocenters. The van der Waals surface area contributed by atoms with Gasteiger partial charge in [0.25, 0.3) is 5.89 Å². The Morgan fingerprint density at radius 2 is 1.93 bits per heavy atom. The van der Waals surface area contributed by atoms with Crippen LogP contribution < -0.4 is 0 Å². The van der Waals surface area contributed by atoms with E-state index < -0.39 is 9.84 Å². The van der Waals surface area contributed by atoms with Crippen LogP contribution in [0.4, 0.5) is 4.79 Å². The molecule has 0 N–H and O–H groups in total. The van der Waals surface area contributed by atoms with Crippen molar-refractivity contribution in [3.63, 3.8) is 0 Å². The van der Waals surface area contributed by atoms with Gasteiger partial charge in [-0.3, -0.25) is 0 Å². The number of carbonyl (C=O) groups is 1. The minimum atomic E-state index is -3.25. The van der Waals surface area contributed by atoms with Gasteiger partial charge in [0.05, 0.1) is 17.6 Å². The van der Waals surface area contributed by atoms with Crippen molar-refractivity contribution in [2.45, 2.75) is 43.8 Å². The van der Waals surface area contributed by atoms with Gasteiger partial charge >= 0.3 is 6.09 Å². The normalized spacial score (nSPS) is 15.4. The first-order chi connectivity index (χ1) is 13.9. The van der Waals surface area contributed by atoms with E-state index in [0.29, 0.717) is 37.0 Å². The molecule has 29 heavy (non-hydrogen) atoms. The van der Waals surface area contributed by atoms with Crippen LogP contribution in [-0.2, 0) is 25.9 Å². The lowest BCUT2D eigenvalue weighted by Gasteiger charge is -2.30. The Balaban J connectivity index is 1.48. The second-order valence-electron chi connectivity index (χ2n) is 6.92. The summed E-state index contributed by atoms with van der Waals surface area (Å²) in [7, 11) is -3.25. The Hall–Kier alpha value is -2.46. The third-order valence-corrected chi connectivity index (χ3v) is 5.71. The first kappa shape index (κ1) is 21.3. The zero-order valence-electron chi connectivity index (χ0n) is 16.5. The lowest BCUT2D eigenvalue weighted by atomic mass is 10.1. The summed E-state index contributed by atoms with van der Waals surface area (Å²) in [6.45, 7) is 3.76. The molecule has 0 radical (unpaired) electrons. The molecule has 10 heteroatoms. The summed E-state index contributed by atoms with van der Waals surface area (Å²) in [4.78, 5) is 18.1. The van der Waals surface area contributed by atoms with Gasteiger partial charge in [-0.1, -0.05) is 12.1 Å². The maximum atomic E-state index is 11.9. The van der Waals surface area contributed by atoms with E-state index in [1.807, 2.05) is 6.92 Å². The average Bonchev–Trinajstić information content (AvgIpc) is 3.19. The predicted molar refractivity (Wildman–Crippen MR) is 104 cm³/mol. The Labute approximate surface area is 169 Å². The second-order valence-corrected chi connectivity index (χ2v) is 8.94. The van der Waals surface area contributed by atoms with Gasteiger partial charge in [0.2, 0.25) is 5.82 Å². The van der Waals surface area contributed by atoms with E-state index in [4.69, 9.17) is 14.0 Å². The third kappa shape index (κ3) is 5.77. The summed E-state index contributed by atoms with van der Waals surface area (Å²) >= 11 is 0. The highest BCUT2D eigenvalue weighted by Crippen LogP contribution is 2.20. The van der Waals surface area contributed by atoms with Crippen LogP contribution >= 0.6 is 0 Å². The summed E-state index contributed by atoms with van der Waals surface area (Å²) in [5, 5.41) is 3.92. The Bertz CT molecular complexity index is 918. The summed E-state index contributed by atoms with van der Waals surface area (Å²) in [5.41, 5.74) is 0.659. The molecule has 0 bridgehead atoms. The lowest BCUT2D eigenvalue weighted by Crippen LogP contribution is -2.41. The van der Waals surface area contributed by atoms with Gasteiger partial charge < -0.3 is 18.9 Å². The maximum absolute atomic E-state index is 11.9. The molecule has 0 unspecified atom stereocenters. The SMILES string of the molecule is CCCOC(=O)N1CCC(OCc2nc(-c3ccc(S(C)(=O)=O)cc3)no2)CC1. The van der Waals surface area contributed by atoms with E-state index in [1.165, 1.54) is 12.1 Å². The molecule has 1 saturated heterocycles. The highest BCUT2D eigenvalue weighted by Gasteiger charge is 2.24. The predicted octanol–water partition coefficient (Wildman–Crippen LogP) is 2.67. The molecule has 3 rings (SSSR count). The minimum Gasteiger partial charge on any atom is -0.449 e. The van der Waals surface area contributed by atoms with Crippen LogP contribution in [0, 0.1) is 0 Å². The van der Waals surface area contributed by atoms with E-state index in [2.05, 4.69) is 10.1 Å². The van der Waals surface area contributed by atoms with Gasteiger partial charge in [-0.15, -0.1) is 0 Å². The molecule has 1 aliphatic heterocycles. The van der Waals surface area contributed by atoms with E-state index in [-0.39, 0.29) is 23.7 Å². The molecule has 0 saturated carbocycles. The molecule has 9 nitrogen and oxygen atoms in total. The third-order valence-electron chi connectivity index (χ3n) is 4.58. The fourth-order valence-corrected chi connectivity index (χ4v) is 3.59. The van der Waals surface area contributed by atoms with Gasteiger partial charge in [0, 0.05) is 24.9 Å². The monoisotopic (exact) mass is 423 g/mol. The number of carbonyl (C=O) groups excluding carboxylic acids is 1. The first-order valence-corrected chi connectivity index (χ1v) is 11.4. The van der Waals surface area contributed by atoms with Crippen molar-refractivity contribution in [1.29, 1.82) is 0 Å². The fourth-order valence-electron chi connectivity index (χ4n) is 2.96. The van der Waals surface area contributed by atoms with Gasteiger partial charge in [-0.25, -0.2) is 13.2 Å². The molecular weight excluding hydrogens is 398 g/mol. The smallest absolute Gasteiger partial charge is 0.409 e. The molecule has 1 aliphatic rings. The van der Waals surface area contributed by atoms with E-state index in [0.717, 1.165) is 25.5 Å². The Kier molecular flexibility index (Phi) is 6.86. The van der Waals surface area contributed by atoms with Crippen LogP contribution in [0.1, 0.15) is 32.1 Å². The minimum absolute atomic E-state index is 0.00891. The standard InChI is InChI=1S/C19H25N3O6S/c1-3-12-26-19(23)22-10-8-15(9-11-22)27-13-17-20-18(21-28-17)14-4-6-16(7-5-14)29(2,24)25/h4-7,15H,3,8-13H2,1-2H3. The maximum Gasteiger partial charge on any atom is 0.409 e. The van der Waals surface area contributed by atoms with Crippen molar-refractivity contribution < 1.29 is 27.2 Å². The van der Waals surface area contributed by atoms with Crippen LogP contribution in [0.15, 0.2) is 33.7 Å². The van der Waals surface area contributed by atoms with Crippen LogP contribution in [0.2, 0.25) is 0 Å². The second kappa shape index (κ2) is 9.36. The molecular formula is C19H25N3O6S. The van der Waals surface area contributed by atoms with Crippen LogP contribution in [0.3, 0.4) is 0 Å². The van der Waals surface area contributed by atoms with Crippen molar-refractivity contribution in [1.82, 2.24) is 15.0 Å². The zero-order chi connectivity index (χ0) is 20.9. The Morgan fingerprint density at radius 1 is 1.24 bits per heavy atom. The number of nitrogens with zero attached hydrogens (tertiary/aromatic N) is 3. The highest BCUT2D eigenvalue weighted by atomic mass is 32.2. The highest BCUT2D eigenvalue weighted by molar-refractivity contribution is 7.90. The van der Waals surface area contributed by atoms with Gasteiger partial charge in [-0.2, -0.15) is 4.98 Å². The molecule has 1 aromatic carbocycles. The number of hydrogen-bond donors (Lipinski definition) is 0. The number of amides is 1. The number of benzene rings is 1. The number of piperidine rings is 1. The van der Waals surface area contributed by atoms with Crippen LogP contribution in [0.25, 0.3) is 11.4 Å². The number of sulfone groups is 1. The van der Waals surface area contributed by atoms with Gasteiger partial charge in [0.1, 0.15) is 6.61 Å². The number of aromatic nitrogens is 2. The van der Waals surface area contributed by atoms with E-state index in [1.54, 1.807) is 17.0 Å². The molecule has 2 aromatic rings. The van der Waals surface area contributed by atoms with Gasteiger partial charge in [0.15, 0.2) is 9.84 Å². The van der Waals surface area contributed by atoms with Crippen LogP contribution in [-0.4, -0.2) is 61.6 Å². The average molecular weight is 423 g/mol. The summed E-state index contributed by atoms with van der Waals surface area (Å²) in [6, 6.07) is 6.30.